The largest absolute Gasteiger partial charge is 0.465 e. The number of hydrogen-bond donors (Lipinski definition) is 1. The maximum absolute atomic E-state index is 13.7. The molecule has 0 saturated heterocycles. The number of methoxy groups -OCH3 is 1. The van der Waals surface area contributed by atoms with Gasteiger partial charge < -0.3 is 9.15 Å². The van der Waals surface area contributed by atoms with E-state index in [1.807, 2.05) is 0 Å². The van der Waals surface area contributed by atoms with Gasteiger partial charge in [0, 0.05) is 5.56 Å². The molecule has 2 N–H and O–H groups in total. The molecule has 0 unspecified atom stereocenters. The predicted molar refractivity (Wildman–Crippen MR) is 122 cm³/mol. The molecular weight excluding hydrogens is 503 g/mol. The summed E-state index contributed by atoms with van der Waals surface area (Å²) in [5.41, 5.74) is -1.62. The number of halogens is 3. The summed E-state index contributed by atoms with van der Waals surface area (Å²) in [7, 11) is -2.82. The molecule has 2 heterocycles. The van der Waals surface area contributed by atoms with Crippen LogP contribution in [-0.2, 0) is 19.6 Å². The number of esters is 1. The van der Waals surface area contributed by atoms with Gasteiger partial charge >= 0.3 is 12.1 Å². The minimum atomic E-state index is -4.97. The highest BCUT2D eigenvalue weighted by Gasteiger charge is 2.47. The lowest BCUT2D eigenvalue weighted by Gasteiger charge is -2.11. The van der Waals surface area contributed by atoms with E-state index in [4.69, 9.17) is 9.56 Å². The molecule has 36 heavy (non-hydrogen) atoms. The Hall–Kier alpha value is -4.23. The van der Waals surface area contributed by atoms with Gasteiger partial charge in [-0.3, -0.25) is 4.79 Å². The Kier molecular flexibility index (Phi) is 6.28. The van der Waals surface area contributed by atoms with E-state index >= 15 is 0 Å². The number of ether oxygens (including phenoxy) is 1. The molecule has 1 aromatic heterocycles. The lowest BCUT2D eigenvalue weighted by atomic mass is 10.1. The first-order valence-corrected chi connectivity index (χ1v) is 11.6. The van der Waals surface area contributed by atoms with E-state index < -0.39 is 39.4 Å². The highest BCUT2D eigenvalue weighted by Crippen LogP contribution is 2.34. The monoisotopic (exact) mass is 519 g/mol. The van der Waals surface area contributed by atoms with Crippen LogP contribution in [0, 0.1) is 0 Å². The normalized spacial score (nSPS) is 15.4. The van der Waals surface area contributed by atoms with Gasteiger partial charge in [0.15, 0.2) is 5.71 Å². The molecule has 0 atom stereocenters. The second kappa shape index (κ2) is 9.09. The van der Waals surface area contributed by atoms with Crippen LogP contribution in [0.15, 0.2) is 80.7 Å². The van der Waals surface area contributed by atoms with Crippen molar-refractivity contribution in [2.75, 3.05) is 12.1 Å². The van der Waals surface area contributed by atoms with Crippen molar-refractivity contribution in [2.45, 2.75) is 11.1 Å². The Bertz CT molecular complexity index is 1520. The lowest BCUT2D eigenvalue weighted by molar-refractivity contribution is -0.114. The summed E-state index contributed by atoms with van der Waals surface area (Å²) < 4.78 is 74.2. The highest BCUT2D eigenvalue weighted by atomic mass is 32.2. The first-order valence-electron chi connectivity index (χ1n) is 10.0. The number of alkyl halides is 3. The molecular formula is C23H16F3N3O6S. The maximum Gasteiger partial charge on any atom is 0.435 e. The zero-order valence-electron chi connectivity index (χ0n) is 18.3. The lowest BCUT2D eigenvalue weighted by Crippen LogP contribution is -2.25. The Morgan fingerprint density at radius 2 is 1.81 bits per heavy atom. The number of hydrazone groups is 1. The Morgan fingerprint density at radius 1 is 1.11 bits per heavy atom. The molecule has 2 aromatic carbocycles. The van der Waals surface area contributed by atoms with Crippen LogP contribution in [0.1, 0.15) is 16.1 Å². The van der Waals surface area contributed by atoms with Crippen molar-refractivity contribution in [3.8, 4) is 11.3 Å². The zero-order valence-corrected chi connectivity index (χ0v) is 19.1. The topological polar surface area (TPSA) is 132 Å². The van der Waals surface area contributed by atoms with Crippen LogP contribution in [0.4, 0.5) is 18.9 Å². The molecule has 0 fully saturated rings. The van der Waals surface area contributed by atoms with Crippen LogP contribution in [0.5, 0.6) is 0 Å². The molecule has 1 aliphatic rings. The van der Waals surface area contributed by atoms with E-state index in [0.29, 0.717) is 10.6 Å². The number of amides is 1. The molecule has 0 bridgehead atoms. The van der Waals surface area contributed by atoms with E-state index in [1.165, 1.54) is 31.4 Å². The van der Waals surface area contributed by atoms with Crippen molar-refractivity contribution in [1.82, 2.24) is 0 Å². The van der Waals surface area contributed by atoms with Crippen molar-refractivity contribution >= 4 is 39.4 Å². The number of carbonyl (C=O) groups excluding carboxylic acids is 2. The Balaban J connectivity index is 1.69. The second-order valence-electron chi connectivity index (χ2n) is 7.43. The summed E-state index contributed by atoms with van der Waals surface area (Å²) in [5, 5.41) is 8.95. The van der Waals surface area contributed by atoms with Gasteiger partial charge in [0.25, 0.3) is 5.91 Å². The van der Waals surface area contributed by atoms with Crippen LogP contribution in [0.25, 0.3) is 17.4 Å². The third-order valence-electron chi connectivity index (χ3n) is 5.04. The van der Waals surface area contributed by atoms with E-state index in [0.717, 1.165) is 30.3 Å². The van der Waals surface area contributed by atoms with Crippen LogP contribution in [0.2, 0.25) is 0 Å². The van der Waals surface area contributed by atoms with Gasteiger partial charge in [-0.25, -0.2) is 18.4 Å². The summed E-state index contributed by atoms with van der Waals surface area (Å²) in [4.78, 5) is 24.4. The predicted octanol–water partition coefficient (Wildman–Crippen LogP) is 3.73. The van der Waals surface area contributed by atoms with E-state index in [2.05, 4.69) is 9.84 Å². The quantitative estimate of drug-likeness (QED) is 0.404. The van der Waals surface area contributed by atoms with Gasteiger partial charge in [0.1, 0.15) is 11.5 Å². The molecule has 1 amide bonds. The minimum Gasteiger partial charge on any atom is -0.465 e. The van der Waals surface area contributed by atoms with Crippen molar-refractivity contribution in [3.63, 3.8) is 0 Å². The summed E-state index contributed by atoms with van der Waals surface area (Å²) in [6, 6.07) is 13.3. The SMILES string of the molecule is COC(=O)c1cccc(-c2ccc(/C=C3\C(=O)N(c4ccc(S(N)(=O)=O)cc4)N=C3C(F)(F)F)o2)c1. The third kappa shape index (κ3) is 4.92. The van der Waals surface area contributed by atoms with Crippen molar-refractivity contribution < 1.29 is 40.3 Å². The van der Waals surface area contributed by atoms with E-state index in [1.54, 1.807) is 12.1 Å². The summed E-state index contributed by atoms with van der Waals surface area (Å²) in [6.07, 6.45) is -4.07. The minimum absolute atomic E-state index is 0.0693. The van der Waals surface area contributed by atoms with Crippen LogP contribution in [-0.4, -0.2) is 39.3 Å². The zero-order chi connectivity index (χ0) is 26.3. The molecule has 4 rings (SSSR count). The number of nitrogens with zero attached hydrogens (tertiary/aromatic N) is 2. The molecule has 0 saturated carbocycles. The summed E-state index contributed by atoms with van der Waals surface area (Å²) in [5.74, 6) is -1.51. The van der Waals surface area contributed by atoms with Crippen molar-refractivity contribution in [2.24, 2.45) is 10.2 Å². The maximum atomic E-state index is 13.7. The van der Waals surface area contributed by atoms with Gasteiger partial charge in [0.2, 0.25) is 10.0 Å². The van der Waals surface area contributed by atoms with Gasteiger partial charge in [-0.2, -0.15) is 23.3 Å². The average molecular weight is 519 g/mol. The molecule has 13 heteroatoms. The highest BCUT2D eigenvalue weighted by molar-refractivity contribution is 7.89. The van der Waals surface area contributed by atoms with Gasteiger partial charge in [-0.05, 0) is 54.6 Å². The average Bonchev–Trinajstić information content (AvgIpc) is 3.43. The number of nitrogens with two attached hydrogens (primary N) is 1. The van der Waals surface area contributed by atoms with Gasteiger partial charge in [0.05, 0.1) is 28.8 Å². The number of sulfonamides is 1. The van der Waals surface area contributed by atoms with Crippen molar-refractivity contribution in [1.29, 1.82) is 0 Å². The van der Waals surface area contributed by atoms with E-state index in [9.17, 15) is 31.2 Å². The molecule has 0 aliphatic carbocycles. The smallest absolute Gasteiger partial charge is 0.435 e. The fourth-order valence-electron chi connectivity index (χ4n) is 3.35. The number of hydrogen-bond acceptors (Lipinski definition) is 7. The number of rotatable bonds is 5. The molecule has 9 nitrogen and oxygen atoms in total. The first kappa shape index (κ1) is 24.9. The number of furan rings is 1. The Morgan fingerprint density at radius 3 is 2.42 bits per heavy atom. The fraction of sp³-hybridized carbons (Fsp3) is 0.0870. The molecule has 186 valence electrons. The fourth-order valence-corrected chi connectivity index (χ4v) is 3.87. The van der Waals surface area contributed by atoms with Gasteiger partial charge in [-0.15, -0.1) is 0 Å². The number of benzene rings is 2. The third-order valence-corrected chi connectivity index (χ3v) is 5.97. The van der Waals surface area contributed by atoms with Crippen LogP contribution >= 0.6 is 0 Å². The molecule has 1 aliphatic heterocycles. The number of anilines is 1. The summed E-state index contributed by atoms with van der Waals surface area (Å²) >= 11 is 0. The number of carbonyl (C=O) groups is 2. The standard InChI is InChI=1S/C23H16F3N3O6S/c1-34-22(31)14-4-2-3-13(11-14)19-10-7-16(35-19)12-18-20(23(24,25)26)28-29(21(18)30)15-5-8-17(9-6-15)36(27,32)33/h2-12H,1H3,(H2,27,32,33)/b18-12-. The first-order chi connectivity index (χ1) is 16.9. The van der Waals surface area contributed by atoms with Crippen molar-refractivity contribution in [3.05, 3.63) is 77.6 Å². The second-order valence-corrected chi connectivity index (χ2v) is 9.00. The van der Waals surface area contributed by atoms with Gasteiger partial charge in [-0.1, -0.05) is 12.1 Å². The Labute approximate surface area is 202 Å². The van der Waals surface area contributed by atoms with Crippen LogP contribution in [0.3, 0.4) is 0 Å². The molecule has 0 spiro atoms. The summed E-state index contributed by atoms with van der Waals surface area (Å²) in [6.45, 7) is 0. The molecule has 0 radical (unpaired) electrons. The molecule has 3 aromatic rings. The number of primary sulfonamides is 1. The van der Waals surface area contributed by atoms with Crippen LogP contribution < -0.4 is 10.1 Å². The van der Waals surface area contributed by atoms with E-state index in [-0.39, 0.29) is 27.7 Å².